The number of pyridine rings is 2. The summed E-state index contributed by atoms with van der Waals surface area (Å²) in [6, 6.07) is 11.9. The first-order chi connectivity index (χ1) is 18.4. The summed E-state index contributed by atoms with van der Waals surface area (Å²) in [6.07, 6.45) is 6.63. The van der Waals surface area contributed by atoms with Crippen molar-refractivity contribution in [2.24, 2.45) is 0 Å². The van der Waals surface area contributed by atoms with Crippen LogP contribution in [0.4, 0.5) is 5.82 Å². The maximum atomic E-state index is 13.9. The number of aliphatic hydroxyl groups is 1. The number of hydrogen-bond donors (Lipinski definition) is 1. The van der Waals surface area contributed by atoms with E-state index in [0.717, 1.165) is 16.7 Å². The average Bonchev–Trinajstić information content (AvgIpc) is 3.30. The Hall–Kier alpha value is -3.76. The molecular formula is C29H33N5O4S. The zero-order valence-electron chi connectivity index (χ0n) is 22.7. The van der Waals surface area contributed by atoms with Gasteiger partial charge in [-0.3, -0.25) is 9.78 Å². The monoisotopic (exact) mass is 547 g/mol. The SMILES string of the molecule is Cc1ccc(S(=O)(=O)n2cc(-c3ccncc3)c3c(N4C[C@@H](C)N(C(=O)C(C)(C)O)C[C@@H]4C)nccc32)cc1. The van der Waals surface area contributed by atoms with Crippen molar-refractivity contribution in [3.63, 3.8) is 0 Å². The Balaban J connectivity index is 1.67. The van der Waals surface area contributed by atoms with Gasteiger partial charge < -0.3 is 14.9 Å². The fourth-order valence-corrected chi connectivity index (χ4v) is 6.54. The fraction of sp³-hybridized carbons (Fsp3) is 0.345. The highest BCUT2D eigenvalue weighted by Crippen LogP contribution is 2.39. The van der Waals surface area contributed by atoms with Crippen molar-refractivity contribution in [1.29, 1.82) is 0 Å². The molecule has 0 aliphatic carbocycles. The Labute approximate surface area is 228 Å². The fourth-order valence-electron chi connectivity index (χ4n) is 5.18. The molecule has 0 saturated carbocycles. The van der Waals surface area contributed by atoms with Gasteiger partial charge >= 0.3 is 0 Å². The Morgan fingerprint density at radius 2 is 1.64 bits per heavy atom. The van der Waals surface area contributed by atoms with E-state index in [1.807, 2.05) is 32.9 Å². The van der Waals surface area contributed by atoms with Crippen LogP contribution in [0.15, 0.2) is 72.1 Å². The van der Waals surface area contributed by atoms with Crippen LogP contribution >= 0.6 is 0 Å². The molecule has 0 bridgehead atoms. The second kappa shape index (κ2) is 9.77. The van der Waals surface area contributed by atoms with Crippen LogP contribution in [0.1, 0.15) is 33.3 Å². The first kappa shape index (κ1) is 26.8. The minimum Gasteiger partial charge on any atom is -0.381 e. The third kappa shape index (κ3) is 4.79. The second-order valence-electron chi connectivity index (χ2n) is 10.8. The van der Waals surface area contributed by atoms with Crippen LogP contribution < -0.4 is 4.90 Å². The number of aromatic nitrogens is 3. The van der Waals surface area contributed by atoms with Crippen LogP contribution in [0.3, 0.4) is 0 Å². The molecule has 10 heteroatoms. The lowest BCUT2D eigenvalue weighted by molar-refractivity contribution is -0.151. The molecule has 0 radical (unpaired) electrons. The lowest BCUT2D eigenvalue weighted by atomic mass is 10.0. The van der Waals surface area contributed by atoms with Crippen LogP contribution in [0.2, 0.25) is 0 Å². The van der Waals surface area contributed by atoms with Crippen LogP contribution in [0, 0.1) is 6.92 Å². The summed E-state index contributed by atoms with van der Waals surface area (Å²) in [6.45, 7) is 9.73. The molecule has 9 nitrogen and oxygen atoms in total. The molecule has 4 aromatic rings. The lowest BCUT2D eigenvalue weighted by Gasteiger charge is -2.46. The zero-order valence-corrected chi connectivity index (χ0v) is 23.6. The van der Waals surface area contributed by atoms with Crippen molar-refractivity contribution in [3.8, 4) is 11.1 Å². The van der Waals surface area contributed by atoms with Gasteiger partial charge in [0.05, 0.1) is 15.8 Å². The van der Waals surface area contributed by atoms with E-state index in [1.165, 1.54) is 17.8 Å². The first-order valence-electron chi connectivity index (χ1n) is 12.9. The molecule has 1 N–H and O–H groups in total. The number of fused-ring (bicyclic) bond motifs is 1. The first-order valence-corrected chi connectivity index (χ1v) is 14.4. The maximum Gasteiger partial charge on any atom is 0.268 e. The number of piperazine rings is 1. The van der Waals surface area contributed by atoms with Gasteiger partial charge in [0, 0.05) is 55.5 Å². The molecule has 5 rings (SSSR count). The molecule has 1 aromatic carbocycles. The molecule has 39 heavy (non-hydrogen) atoms. The van der Waals surface area contributed by atoms with Gasteiger partial charge in [0.25, 0.3) is 15.9 Å². The van der Waals surface area contributed by atoms with Gasteiger partial charge in [-0.05, 0) is 70.5 Å². The van der Waals surface area contributed by atoms with Gasteiger partial charge in [-0.2, -0.15) is 0 Å². The number of carbonyl (C=O) groups excluding carboxylic acids is 1. The Morgan fingerprint density at radius 1 is 0.974 bits per heavy atom. The normalized spacial score (nSPS) is 18.5. The summed E-state index contributed by atoms with van der Waals surface area (Å²) in [4.78, 5) is 25.8. The van der Waals surface area contributed by atoms with Crippen molar-refractivity contribution in [2.75, 3.05) is 18.0 Å². The molecule has 2 atom stereocenters. The summed E-state index contributed by atoms with van der Waals surface area (Å²) in [5, 5.41) is 11.0. The average molecular weight is 548 g/mol. The number of nitrogens with zero attached hydrogens (tertiary/aromatic N) is 5. The second-order valence-corrected chi connectivity index (χ2v) is 12.6. The molecule has 1 saturated heterocycles. The Kier molecular flexibility index (Phi) is 6.72. The summed E-state index contributed by atoms with van der Waals surface area (Å²) in [5.74, 6) is 0.326. The van der Waals surface area contributed by atoms with Crippen molar-refractivity contribution in [3.05, 3.63) is 72.8 Å². The summed E-state index contributed by atoms with van der Waals surface area (Å²) < 4.78 is 29.1. The van der Waals surface area contributed by atoms with E-state index >= 15 is 0 Å². The Morgan fingerprint density at radius 3 is 2.28 bits per heavy atom. The maximum absolute atomic E-state index is 13.9. The molecule has 1 fully saturated rings. The van der Waals surface area contributed by atoms with Crippen molar-refractivity contribution in [1.82, 2.24) is 18.8 Å². The number of carbonyl (C=O) groups is 1. The molecule has 3 aromatic heterocycles. The zero-order chi connectivity index (χ0) is 28.1. The number of aryl methyl sites for hydroxylation is 1. The number of amides is 1. The van der Waals surface area contributed by atoms with Crippen LogP contribution in [-0.4, -0.2) is 69.0 Å². The van der Waals surface area contributed by atoms with Crippen molar-refractivity contribution >= 4 is 32.7 Å². The molecule has 0 unspecified atom stereocenters. The van der Waals surface area contributed by atoms with E-state index in [1.54, 1.807) is 60.0 Å². The molecule has 204 valence electrons. The number of hydrogen-bond acceptors (Lipinski definition) is 7. The molecule has 4 heterocycles. The van der Waals surface area contributed by atoms with Crippen LogP contribution in [-0.2, 0) is 14.8 Å². The van der Waals surface area contributed by atoms with Gasteiger partial charge in [0.1, 0.15) is 11.4 Å². The molecule has 1 aliphatic rings. The number of rotatable bonds is 5. The van der Waals surface area contributed by atoms with Gasteiger partial charge in [-0.25, -0.2) is 17.4 Å². The van der Waals surface area contributed by atoms with Crippen molar-refractivity contribution in [2.45, 2.75) is 57.2 Å². The van der Waals surface area contributed by atoms with Crippen LogP contribution in [0.5, 0.6) is 0 Å². The highest BCUT2D eigenvalue weighted by Gasteiger charge is 2.39. The number of benzene rings is 1. The molecule has 1 aliphatic heterocycles. The minimum atomic E-state index is -3.90. The predicted octanol–water partition coefficient (Wildman–Crippen LogP) is 3.84. The highest BCUT2D eigenvalue weighted by molar-refractivity contribution is 7.90. The van der Waals surface area contributed by atoms with E-state index in [2.05, 4.69) is 9.88 Å². The summed E-state index contributed by atoms with van der Waals surface area (Å²) >= 11 is 0. The third-order valence-corrected chi connectivity index (χ3v) is 8.96. The Bertz CT molecular complexity index is 1630. The van der Waals surface area contributed by atoms with Gasteiger partial charge in [0.2, 0.25) is 0 Å². The third-order valence-electron chi connectivity index (χ3n) is 7.27. The molecular weight excluding hydrogens is 514 g/mol. The van der Waals surface area contributed by atoms with Gasteiger partial charge in [-0.1, -0.05) is 17.7 Å². The summed E-state index contributed by atoms with van der Waals surface area (Å²) in [5.41, 5.74) is 1.56. The highest BCUT2D eigenvalue weighted by atomic mass is 32.2. The predicted molar refractivity (Wildman–Crippen MR) is 151 cm³/mol. The van der Waals surface area contributed by atoms with Crippen molar-refractivity contribution < 1.29 is 18.3 Å². The lowest BCUT2D eigenvalue weighted by Crippen LogP contribution is -2.61. The van der Waals surface area contributed by atoms with Crippen LogP contribution in [0.25, 0.3) is 22.0 Å². The van der Waals surface area contributed by atoms with E-state index in [0.29, 0.717) is 29.8 Å². The van der Waals surface area contributed by atoms with E-state index < -0.39 is 15.6 Å². The van der Waals surface area contributed by atoms with E-state index in [9.17, 15) is 18.3 Å². The molecule has 1 amide bonds. The largest absolute Gasteiger partial charge is 0.381 e. The molecule has 0 spiro atoms. The number of anilines is 1. The van der Waals surface area contributed by atoms with E-state index in [4.69, 9.17) is 4.98 Å². The van der Waals surface area contributed by atoms with E-state index in [-0.39, 0.29) is 22.9 Å². The quantitative estimate of drug-likeness (QED) is 0.404. The van der Waals surface area contributed by atoms with Gasteiger partial charge in [-0.15, -0.1) is 0 Å². The smallest absolute Gasteiger partial charge is 0.268 e. The standard InChI is InChI=1S/C29H33N5O4S/c1-19-6-8-23(9-7-19)39(37,38)34-18-24(22-10-13-30-14-11-22)26-25(34)12-15-31-27(26)32-16-21(3)33(17-20(32)2)28(35)29(4,5)36/h6-15,18,20-21,36H,16-17H2,1-5H3/t20-,21+/m0/s1. The van der Waals surface area contributed by atoms with Gasteiger partial charge in [0.15, 0.2) is 0 Å². The topological polar surface area (TPSA) is 109 Å². The summed E-state index contributed by atoms with van der Waals surface area (Å²) in [7, 11) is -3.90. The minimum absolute atomic E-state index is 0.132.